The summed E-state index contributed by atoms with van der Waals surface area (Å²) in [7, 11) is 0. The first-order valence-electron chi connectivity index (χ1n) is 9.43. The lowest BCUT2D eigenvalue weighted by molar-refractivity contribution is -0.140. The summed E-state index contributed by atoms with van der Waals surface area (Å²) < 4.78 is 0. The molecule has 2 aromatic rings. The lowest BCUT2D eigenvalue weighted by atomic mass is 10.1. The van der Waals surface area contributed by atoms with E-state index >= 15 is 0 Å². The molecule has 0 heterocycles. The van der Waals surface area contributed by atoms with Crippen LogP contribution in [-0.2, 0) is 22.6 Å². The van der Waals surface area contributed by atoms with Crippen molar-refractivity contribution >= 4 is 46.6 Å². The molecule has 29 heavy (non-hydrogen) atoms. The first-order valence-corrected chi connectivity index (χ1v) is 10.6. The Hall–Kier alpha value is -1.75. The molecular formula is C22H25Cl3N2O2. The van der Waals surface area contributed by atoms with Crippen molar-refractivity contribution in [3.8, 4) is 0 Å². The van der Waals surface area contributed by atoms with Gasteiger partial charge >= 0.3 is 0 Å². The molecule has 1 atom stereocenters. The minimum Gasteiger partial charge on any atom is -0.354 e. The average Bonchev–Trinajstić information content (AvgIpc) is 2.64. The maximum Gasteiger partial charge on any atom is 0.242 e. The number of benzene rings is 2. The van der Waals surface area contributed by atoms with Crippen molar-refractivity contribution in [3.05, 3.63) is 68.7 Å². The normalized spacial score (nSPS) is 12.0. The fourth-order valence-electron chi connectivity index (χ4n) is 2.79. The molecule has 2 aromatic carbocycles. The molecule has 0 aromatic heterocycles. The van der Waals surface area contributed by atoms with Crippen LogP contribution in [0.3, 0.4) is 0 Å². The van der Waals surface area contributed by atoms with Gasteiger partial charge in [-0.2, -0.15) is 0 Å². The van der Waals surface area contributed by atoms with Crippen LogP contribution in [0.15, 0.2) is 42.5 Å². The quantitative estimate of drug-likeness (QED) is 0.581. The van der Waals surface area contributed by atoms with E-state index in [9.17, 15) is 9.59 Å². The van der Waals surface area contributed by atoms with Gasteiger partial charge in [0.25, 0.3) is 0 Å². The minimum absolute atomic E-state index is 0.133. The van der Waals surface area contributed by atoms with E-state index in [4.69, 9.17) is 34.8 Å². The Labute approximate surface area is 187 Å². The van der Waals surface area contributed by atoms with E-state index in [2.05, 4.69) is 5.32 Å². The second kappa shape index (κ2) is 10.9. The molecule has 4 nitrogen and oxygen atoms in total. The van der Waals surface area contributed by atoms with Crippen molar-refractivity contribution in [2.45, 2.75) is 39.8 Å². The van der Waals surface area contributed by atoms with Crippen LogP contribution in [0.5, 0.6) is 0 Å². The monoisotopic (exact) mass is 454 g/mol. The number of nitrogens with zero attached hydrogens (tertiary/aromatic N) is 1. The number of amides is 2. The van der Waals surface area contributed by atoms with Gasteiger partial charge in [-0.25, -0.2) is 0 Å². The zero-order valence-corrected chi connectivity index (χ0v) is 19.0. The Morgan fingerprint density at radius 3 is 2.31 bits per heavy atom. The number of nitrogens with one attached hydrogen (secondary N) is 1. The maximum atomic E-state index is 13.1. The summed E-state index contributed by atoms with van der Waals surface area (Å²) in [6, 6.07) is 11.6. The number of carbonyl (C=O) groups excluding carboxylic acids is 2. The third-order valence-corrected chi connectivity index (χ3v) is 5.27. The first-order chi connectivity index (χ1) is 13.7. The topological polar surface area (TPSA) is 49.4 Å². The van der Waals surface area contributed by atoms with Crippen LogP contribution in [0.4, 0.5) is 0 Å². The number of rotatable bonds is 8. The van der Waals surface area contributed by atoms with Crippen LogP contribution in [0.2, 0.25) is 15.1 Å². The molecule has 0 saturated carbocycles. The van der Waals surface area contributed by atoms with Crippen molar-refractivity contribution in [1.82, 2.24) is 10.2 Å². The zero-order valence-electron chi connectivity index (χ0n) is 16.7. The molecule has 156 valence electrons. The first kappa shape index (κ1) is 23.5. The van der Waals surface area contributed by atoms with Gasteiger partial charge in [-0.1, -0.05) is 66.8 Å². The van der Waals surface area contributed by atoms with Crippen molar-refractivity contribution in [3.63, 3.8) is 0 Å². The number of carbonyl (C=O) groups is 2. The Bertz CT molecular complexity index is 871. The van der Waals surface area contributed by atoms with E-state index < -0.39 is 6.04 Å². The molecule has 0 saturated heterocycles. The van der Waals surface area contributed by atoms with Crippen molar-refractivity contribution in [2.75, 3.05) is 6.54 Å². The fraction of sp³-hybridized carbons (Fsp3) is 0.364. The van der Waals surface area contributed by atoms with Gasteiger partial charge in [0.15, 0.2) is 0 Å². The van der Waals surface area contributed by atoms with Crippen LogP contribution in [0.1, 0.15) is 31.9 Å². The molecular weight excluding hydrogens is 431 g/mol. The van der Waals surface area contributed by atoms with Crippen LogP contribution >= 0.6 is 34.8 Å². The zero-order chi connectivity index (χ0) is 21.6. The van der Waals surface area contributed by atoms with Gasteiger partial charge in [0.1, 0.15) is 6.04 Å². The molecule has 1 N–H and O–H groups in total. The molecule has 0 radical (unpaired) electrons. The molecule has 0 spiro atoms. The molecule has 0 aliphatic carbocycles. The van der Waals surface area contributed by atoms with Crippen LogP contribution in [-0.4, -0.2) is 29.3 Å². The van der Waals surface area contributed by atoms with Gasteiger partial charge in [0.05, 0.1) is 6.42 Å². The lowest BCUT2D eigenvalue weighted by Gasteiger charge is -2.29. The largest absolute Gasteiger partial charge is 0.354 e. The van der Waals surface area contributed by atoms with Gasteiger partial charge in [-0.3, -0.25) is 9.59 Å². The summed E-state index contributed by atoms with van der Waals surface area (Å²) in [6.07, 6.45) is 0.133. The second-order valence-corrected chi connectivity index (χ2v) is 8.66. The van der Waals surface area contributed by atoms with Gasteiger partial charge in [0.2, 0.25) is 11.8 Å². The summed E-state index contributed by atoms with van der Waals surface area (Å²) in [4.78, 5) is 27.3. The van der Waals surface area contributed by atoms with Gasteiger partial charge in [-0.15, -0.1) is 0 Å². The Morgan fingerprint density at radius 1 is 1.00 bits per heavy atom. The summed E-state index contributed by atoms with van der Waals surface area (Å²) in [6.45, 7) is 6.49. The van der Waals surface area contributed by atoms with Gasteiger partial charge < -0.3 is 10.2 Å². The molecule has 0 aliphatic heterocycles. The molecule has 0 fully saturated rings. The average molecular weight is 456 g/mol. The second-order valence-electron chi connectivity index (χ2n) is 7.38. The standard InChI is InChI=1S/C22H25Cl3N2O2/c1-14(2)12-26-22(29)15(3)27(13-17-7-8-19(24)11-20(17)25)21(28)10-16-5-4-6-18(23)9-16/h4-9,11,14-15H,10,12-13H2,1-3H3,(H,26,29)/t15-/m1/s1. The molecule has 0 unspecified atom stereocenters. The van der Waals surface area contributed by atoms with E-state index in [0.717, 1.165) is 11.1 Å². The van der Waals surface area contributed by atoms with Crippen molar-refractivity contribution < 1.29 is 9.59 Å². The third kappa shape index (κ3) is 7.22. The van der Waals surface area contributed by atoms with E-state index in [0.29, 0.717) is 27.5 Å². The van der Waals surface area contributed by atoms with E-state index in [-0.39, 0.29) is 24.8 Å². The van der Waals surface area contributed by atoms with Gasteiger partial charge in [0, 0.05) is 28.2 Å². The summed E-state index contributed by atoms with van der Waals surface area (Å²) in [5.41, 5.74) is 1.50. The highest BCUT2D eigenvalue weighted by Crippen LogP contribution is 2.24. The molecule has 2 amide bonds. The van der Waals surface area contributed by atoms with E-state index in [1.807, 2.05) is 19.9 Å². The Balaban J connectivity index is 2.25. The SMILES string of the molecule is CC(C)CNC(=O)[C@@H](C)N(Cc1ccc(Cl)cc1Cl)C(=O)Cc1cccc(Cl)c1. The van der Waals surface area contributed by atoms with Gasteiger partial charge in [-0.05, 0) is 48.2 Å². The van der Waals surface area contributed by atoms with Crippen LogP contribution < -0.4 is 5.32 Å². The molecule has 2 rings (SSSR count). The van der Waals surface area contributed by atoms with E-state index in [1.54, 1.807) is 43.3 Å². The molecule has 7 heteroatoms. The fourth-order valence-corrected chi connectivity index (χ4v) is 3.47. The van der Waals surface area contributed by atoms with Crippen LogP contribution in [0.25, 0.3) is 0 Å². The molecule has 0 bridgehead atoms. The van der Waals surface area contributed by atoms with Crippen molar-refractivity contribution in [1.29, 1.82) is 0 Å². The number of hydrogen-bond donors (Lipinski definition) is 1. The summed E-state index contributed by atoms with van der Waals surface area (Å²) in [5, 5.41) is 4.42. The maximum absolute atomic E-state index is 13.1. The summed E-state index contributed by atoms with van der Waals surface area (Å²) in [5.74, 6) is -0.0822. The van der Waals surface area contributed by atoms with Crippen molar-refractivity contribution in [2.24, 2.45) is 5.92 Å². The predicted molar refractivity (Wildman–Crippen MR) is 119 cm³/mol. The highest BCUT2D eigenvalue weighted by atomic mass is 35.5. The van der Waals surface area contributed by atoms with Crippen LogP contribution in [0, 0.1) is 5.92 Å². The third-order valence-electron chi connectivity index (χ3n) is 4.45. The number of hydrogen-bond acceptors (Lipinski definition) is 2. The lowest BCUT2D eigenvalue weighted by Crippen LogP contribution is -2.48. The highest BCUT2D eigenvalue weighted by molar-refractivity contribution is 6.35. The minimum atomic E-state index is -0.660. The predicted octanol–water partition coefficient (Wildman–Crippen LogP) is 5.38. The highest BCUT2D eigenvalue weighted by Gasteiger charge is 2.27. The van der Waals surface area contributed by atoms with E-state index in [1.165, 1.54) is 4.90 Å². The number of halogens is 3. The summed E-state index contributed by atoms with van der Waals surface area (Å²) >= 11 is 18.3. The molecule has 0 aliphatic rings. The smallest absolute Gasteiger partial charge is 0.242 e. The Kier molecular flexibility index (Phi) is 8.81. The Morgan fingerprint density at radius 2 is 1.69 bits per heavy atom.